The Morgan fingerprint density at radius 2 is 1.81 bits per heavy atom. The fraction of sp³-hybridized carbons (Fsp3) is 0.261. The number of alkyl halides is 3. The van der Waals surface area contributed by atoms with Crippen molar-refractivity contribution in [3.05, 3.63) is 72.1 Å². The summed E-state index contributed by atoms with van der Waals surface area (Å²) >= 11 is 0. The molecule has 0 atom stereocenters. The number of aromatic nitrogens is 2. The highest BCUT2D eigenvalue weighted by molar-refractivity contribution is 5.95. The van der Waals surface area contributed by atoms with E-state index in [1.54, 1.807) is 23.2 Å². The number of para-hydroxylation sites is 1. The van der Waals surface area contributed by atoms with Crippen molar-refractivity contribution in [2.75, 3.05) is 31.1 Å². The van der Waals surface area contributed by atoms with E-state index in [0.717, 1.165) is 28.7 Å². The van der Waals surface area contributed by atoms with Crippen LogP contribution in [-0.4, -0.2) is 47.0 Å². The van der Waals surface area contributed by atoms with E-state index in [9.17, 15) is 18.0 Å². The molecule has 160 valence electrons. The third-order valence-electron chi connectivity index (χ3n) is 5.28. The van der Waals surface area contributed by atoms with Crippen LogP contribution in [0, 0.1) is 0 Å². The van der Waals surface area contributed by atoms with Crippen molar-refractivity contribution in [1.29, 1.82) is 0 Å². The van der Waals surface area contributed by atoms with Crippen LogP contribution in [0.1, 0.15) is 17.5 Å². The van der Waals surface area contributed by atoms with Crippen LogP contribution in [0.15, 0.2) is 60.9 Å². The van der Waals surface area contributed by atoms with Crippen molar-refractivity contribution >= 4 is 28.7 Å². The number of carbonyl (C=O) groups excluding carboxylic acids is 1. The highest BCUT2D eigenvalue weighted by atomic mass is 19.4. The fourth-order valence-electron chi connectivity index (χ4n) is 3.64. The summed E-state index contributed by atoms with van der Waals surface area (Å²) in [5.74, 6) is 0.384. The van der Waals surface area contributed by atoms with Gasteiger partial charge in [-0.05, 0) is 30.7 Å². The Labute approximate surface area is 177 Å². The van der Waals surface area contributed by atoms with Gasteiger partial charge in [0.15, 0.2) is 0 Å². The number of rotatable bonds is 3. The fourth-order valence-corrected chi connectivity index (χ4v) is 3.64. The molecule has 0 N–H and O–H groups in total. The summed E-state index contributed by atoms with van der Waals surface area (Å²) in [6.45, 7) is 2.18. The Hall–Kier alpha value is -3.42. The molecule has 4 rings (SSSR count). The number of carbonyl (C=O) groups is 1. The summed E-state index contributed by atoms with van der Waals surface area (Å²) in [6.07, 6.45) is 2.20. The maximum absolute atomic E-state index is 12.7. The van der Waals surface area contributed by atoms with Crippen molar-refractivity contribution in [2.45, 2.75) is 12.6 Å². The molecule has 1 fully saturated rings. The zero-order valence-electron chi connectivity index (χ0n) is 16.7. The van der Waals surface area contributed by atoms with Gasteiger partial charge in [-0.1, -0.05) is 24.3 Å². The minimum absolute atomic E-state index is 0.102. The number of nitrogens with zero attached hydrogens (tertiary/aromatic N) is 4. The molecule has 1 amide bonds. The molecule has 0 aliphatic carbocycles. The molecule has 0 unspecified atom stereocenters. The second kappa shape index (κ2) is 8.75. The van der Waals surface area contributed by atoms with Crippen LogP contribution in [0.3, 0.4) is 0 Å². The normalized spacial score (nSPS) is 15.5. The van der Waals surface area contributed by atoms with Gasteiger partial charge in [-0.25, -0.2) is 4.98 Å². The van der Waals surface area contributed by atoms with Crippen LogP contribution in [0.25, 0.3) is 17.0 Å². The van der Waals surface area contributed by atoms with Crippen molar-refractivity contribution in [3.63, 3.8) is 0 Å². The number of amides is 1. The van der Waals surface area contributed by atoms with E-state index in [4.69, 9.17) is 0 Å². The van der Waals surface area contributed by atoms with Crippen molar-refractivity contribution in [1.82, 2.24) is 14.9 Å². The first-order chi connectivity index (χ1) is 14.9. The lowest BCUT2D eigenvalue weighted by Gasteiger charge is -2.22. The van der Waals surface area contributed by atoms with Crippen LogP contribution >= 0.6 is 0 Å². The number of benzene rings is 1. The molecule has 5 nitrogen and oxygen atoms in total. The summed E-state index contributed by atoms with van der Waals surface area (Å²) in [7, 11) is 0. The number of pyridine rings is 2. The highest BCUT2D eigenvalue weighted by Crippen LogP contribution is 2.29. The van der Waals surface area contributed by atoms with Crippen LogP contribution < -0.4 is 4.90 Å². The average Bonchev–Trinajstić information content (AvgIpc) is 3.03. The SMILES string of the molecule is O=C(/C=C/c1cccc2cccnc12)N1CCCN(c2ccc(C(F)(F)F)cn2)CC1. The molecule has 0 bridgehead atoms. The average molecular weight is 426 g/mol. The van der Waals surface area contributed by atoms with E-state index < -0.39 is 11.7 Å². The van der Waals surface area contributed by atoms with Gasteiger partial charge in [0.05, 0.1) is 11.1 Å². The van der Waals surface area contributed by atoms with E-state index in [2.05, 4.69) is 9.97 Å². The molecule has 0 saturated carbocycles. The first kappa shape index (κ1) is 20.8. The highest BCUT2D eigenvalue weighted by Gasteiger charge is 2.31. The van der Waals surface area contributed by atoms with Crippen LogP contribution in [0.2, 0.25) is 0 Å². The smallest absolute Gasteiger partial charge is 0.355 e. The zero-order chi connectivity index (χ0) is 21.8. The molecule has 1 aliphatic heterocycles. The molecule has 1 saturated heterocycles. The Morgan fingerprint density at radius 1 is 0.968 bits per heavy atom. The predicted molar refractivity (Wildman–Crippen MR) is 113 cm³/mol. The lowest BCUT2D eigenvalue weighted by atomic mass is 10.1. The topological polar surface area (TPSA) is 49.3 Å². The van der Waals surface area contributed by atoms with Gasteiger partial charge in [-0.3, -0.25) is 9.78 Å². The Bertz CT molecular complexity index is 1090. The lowest BCUT2D eigenvalue weighted by molar-refractivity contribution is -0.137. The van der Waals surface area contributed by atoms with Gasteiger partial charge in [0, 0.05) is 55.6 Å². The molecule has 0 radical (unpaired) electrons. The number of hydrogen-bond acceptors (Lipinski definition) is 4. The van der Waals surface area contributed by atoms with Crippen LogP contribution in [0.5, 0.6) is 0 Å². The summed E-state index contributed by atoms with van der Waals surface area (Å²) in [4.78, 5) is 24.7. The number of halogens is 3. The lowest BCUT2D eigenvalue weighted by Crippen LogP contribution is -2.34. The van der Waals surface area contributed by atoms with Gasteiger partial charge in [-0.15, -0.1) is 0 Å². The molecule has 0 spiro atoms. The molecule has 31 heavy (non-hydrogen) atoms. The first-order valence-corrected chi connectivity index (χ1v) is 10.0. The van der Waals surface area contributed by atoms with Crippen LogP contribution in [-0.2, 0) is 11.0 Å². The molecule has 8 heteroatoms. The monoisotopic (exact) mass is 426 g/mol. The maximum atomic E-state index is 12.7. The number of fused-ring (bicyclic) bond motifs is 1. The summed E-state index contributed by atoms with van der Waals surface area (Å²) in [5.41, 5.74) is 0.942. The van der Waals surface area contributed by atoms with E-state index in [1.165, 1.54) is 6.07 Å². The second-order valence-corrected chi connectivity index (χ2v) is 7.32. The van der Waals surface area contributed by atoms with E-state index in [-0.39, 0.29) is 5.91 Å². The Morgan fingerprint density at radius 3 is 2.58 bits per heavy atom. The third-order valence-corrected chi connectivity index (χ3v) is 5.28. The second-order valence-electron chi connectivity index (χ2n) is 7.32. The van der Waals surface area contributed by atoms with Crippen molar-refractivity contribution in [2.24, 2.45) is 0 Å². The Balaban J connectivity index is 1.41. The largest absolute Gasteiger partial charge is 0.417 e. The first-order valence-electron chi connectivity index (χ1n) is 10.0. The van der Waals surface area contributed by atoms with E-state index in [1.807, 2.05) is 35.2 Å². The standard InChI is InChI=1S/C23H21F3N4O/c24-23(25,26)19-8-9-20(28-16-19)29-12-3-13-30(15-14-29)21(31)10-7-18-5-1-4-17-6-2-11-27-22(17)18/h1-2,4-11,16H,3,12-15H2/b10-7+. The van der Waals surface area contributed by atoms with Gasteiger partial charge in [0.1, 0.15) is 5.82 Å². The minimum atomic E-state index is -4.40. The van der Waals surface area contributed by atoms with Crippen molar-refractivity contribution < 1.29 is 18.0 Å². The molecule has 2 aromatic heterocycles. The molecular weight excluding hydrogens is 405 g/mol. The molecular formula is C23H21F3N4O. The number of hydrogen-bond donors (Lipinski definition) is 0. The summed E-state index contributed by atoms with van der Waals surface area (Å²) < 4.78 is 38.2. The molecule has 3 aromatic rings. The minimum Gasteiger partial charge on any atom is -0.355 e. The van der Waals surface area contributed by atoms with E-state index in [0.29, 0.717) is 38.4 Å². The van der Waals surface area contributed by atoms with E-state index >= 15 is 0 Å². The van der Waals surface area contributed by atoms with Gasteiger partial charge in [0.25, 0.3) is 0 Å². The quantitative estimate of drug-likeness (QED) is 0.583. The van der Waals surface area contributed by atoms with Gasteiger partial charge in [-0.2, -0.15) is 13.2 Å². The number of anilines is 1. The van der Waals surface area contributed by atoms with Gasteiger partial charge >= 0.3 is 6.18 Å². The third kappa shape index (κ3) is 4.84. The molecule has 1 aromatic carbocycles. The Kier molecular flexibility index (Phi) is 5.88. The maximum Gasteiger partial charge on any atom is 0.417 e. The van der Waals surface area contributed by atoms with Crippen LogP contribution in [0.4, 0.5) is 19.0 Å². The molecule has 1 aliphatic rings. The van der Waals surface area contributed by atoms with Gasteiger partial charge in [0.2, 0.25) is 5.91 Å². The summed E-state index contributed by atoms with van der Waals surface area (Å²) in [5, 5.41) is 1.01. The zero-order valence-corrected chi connectivity index (χ0v) is 16.7. The predicted octanol–water partition coefficient (Wildman–Crippen LogP) is 4.40. The molecule has 3 heterocycles. The van der Waals surface area contributed by atoms with Crippen molar-refractivity contribution in [3.8, 4) is 0 Å². The summed E-state index contributed by atoms with van der Waals surface area (Å²) in [6, 6.07) is 12.1. The van der Waals surface area contributed by atoms with Gasteiger partial charge < -0.3 is 9.80 Å².